The first-order valence-corrected chi connectivity index (χ1v) is 12.0. The van der Waals surface area contributed by atoms with Crippen molar-refractivity contribution in [1.29, 1.82) is 0 Å². The Morgan fingerprint density at radius 1 is 0.639 bits per heavy atom. The van der Waals surface area contributed by atoms with Gasteiger partial charge in [0.15, 0.2) is 11.6 Å². The van der Waals surface area contributed by atoms with Crippen molar-refractivity contribution in [3.05, 3.63) is 137 Å². The van der Waals surface area contributed by atoms with Gasteiger partial charge < -0.3 is 9.64 Å². The van der Waals surface area contributed by atoms with E-state index in [0.29, 0.717) is 28.2 Å². The molecule has 1 aliphatic carbocycles. The summed E-state index contributed by atoms with van der Waals surface area (Å²) in [7, 11) is 0. The van der Waals surface area contributed by atoms with Gasteiger partial charge in [0.2, 0.25) is 0 Å². The lowest BCUT2D eigenvalue weighted by Crippen LogP contribution is -2.15. The smallest absolute Gasteiger partial charge is 0.198 e. The molecule has 0 fully saturated rings. The van der Waals surface area contributed by atoms with Crippen LogP contribution in [0.3, 0.4) is 0 Å². The molecular formula is C32H23NO3. The van der Waals surface area contributed by atoms with Crippen LogP contribution in [0.25, 0.3) is 11.3 Å². The summed E-state index contributed by atoms with van der Waals surface area (Å²) in [6, 6.07) is 32.9. The Labute approximate surface area is 209 Å². The van der Waals surface area contributed by atoms with Gasteiger partial charge >= 0.3 is 0 Å². The maximum Gasteiger partial charge on any atom is 0.198 e. The second-order valence-electron chi connectivity index (χ2n) is 8.73. The molecule has 4 aromatic rings. The number of rotatable bonds is 4. The van der Waals surface area contributed by atoms with Gasteiger partial charge in [-0.1, -0.05) is 60.7 Å². The zero-order valence-electron chi connectivity index (χ0n) is 19.8. The minimum atomic E-state index is -0.241. The van der Waals surface area contributed by atoms with Crippen LogP contribution in [0.2, 0.25) is 0 Å². The Bertz CT molecular complexity index is 1530. The third kappa shape index (κ3) is 3.55. The number of carbonyl (C=O) groups is 2. The molecule has 4 heteroatoms. The average molecular weight is 470 g/mol. The van der Waals surface area contributed by atoms with E-state index in [1.807, 2.05) is 60.7 Å². The molecule has 0 aromatic heterocycles. The summed E-state index contributed by atoms with van der Waals surface area (Å²) in [6.45, 7) is 2.95. The van der Waals surface area contributed by atoms with Crippen LogP contribution in [0.5, 0.6) is 5.75 Å². The number of Topliss-reactive ketones (excluding diaryl/α,β-unsaturated/α-hetero) is 2. The van der Waals surface area contributed by atoms with Gasteiger partial charge in [0.25, 0.3) is 0 Å². The summed E-state index contributed by atoms with van der Waals surface area (Å²) in [4.78, 5) is 28.8. The molecule has 0 N–H and O–H groups in total. The molecule has 0 atom stereocenters. The fourth-order valence-corrected chi connectivity index (χ4v) is 4.91. The van der Waals surface area contributed by atoms with E-state index in [4.69, 9.17) is 4.74 Å². The van der Waals surface area contributed by atoms with Gasteiger partial charge in [-0.05, 0) is 55.5 Å². The Morgan fingerprint density at radius 2 is 1.19 bits per heavy atom. The first kappa shape index (κ1) is 21.8. The van der Waals surface area contributed by atoms with Crippen molar-refractivity contribution in [1.82, 2.24) is 0 Å². The molecule has 4 aromatic carbocycles. The van der Waals surface area contributed by atoms with Crippen molar-refractivity contribution in [2.75, 3.05) is 11.4 Å². The Balaban J connectivity index is 1.43. The third-order valence-corrected chi connectivity index (χ3v) is 6.66. The minimum absolute atomic E-state index is 0.197. The van der Waals surface area contributed by atoms with Crippen molar-refractivity contribution in [2.24, 2.45) is 0 Å². The monoisotopic (exact) mass is 469 g/mol. The van der Waals surface area contributed by atoms with Crippen molar-refractivity contribution >= 4 is 34.3 Å². The van der Waals surface area contributed by atoms with Crippen LogP contribution in [0, 0.1) is 0 Å². The van der Waals surface area contributed by atoms with E-state index in [2.05, 4.69) is 36.1 Å². The minimum Gasteiger partial charge on any atom is -0.456 e. The van der Waals surface area contributed by atoms with E-state index in [1.54, 1.807) is 24.3 Å². The molecule has 174 valence electrons. The number of para-hydroxylation sites is 2. The van der Waals surface area contributed by atoms with E-state index < -0.39 is 0 Å². The van der Waals surface area contributed by atoms with Crippen molar-refractivity contribution in [3.63, 3.8) is 0 Å². The first-order chi connectivity index (χ1) is 17.7. The number of ketones is 2. The van der Waals surface area contributed by atoms with Crippen molar-refractivity contribution in [3.8, 4) is 5.75 Å². The summed E-state index contributed by atoms with van der Waals surface area (Å²) < 4.78 is 6.26. The molecule has 0 saturated carbocycles. The number of carbonyl (C=O) groups excluding carboxylic acids is 2. The summed E-state index contributed by atoms with van der Waals surface area (Å²) in [6.07, 6.45) is 1.82. The Morgan fingerprint density at radius 3 is 1.83 bits per heavy atom. The fraction of sp³-hybridized carbons (Fsp3) is 0.0625. The average Bonchev–Trinajstić information content (AvgIpc) is 3.19. The van der Waals surface area contributed by atoms with Gasteiger partial charge in [-0.3, -0.25) is 9.59 Å². The quantitative estimate of drug-likeness (QED) is 0.236. The van der Waals surface area contributed by atoms with Gasteiger partial charge in [0.05, 0.1) is 5.57 Å². The van der Waals surface area contributed by atoms with Crippen LogP contribution < -0.4 is 9.64 Å². The maximum atomic E-state index is 13.3. The van der Waals surface area contributed by atoms with Crippen LogP contribution in [-0.2, 0) is 0 Å². The number of allylic oxidation sites excluding steroid dienone is 3. The summed E-state index contributed by atoms with van der Waals surface area (Å²) in [5.74, 6) is 0.740. The van der Waals surface area contributed by atoms with Gasteiger partial charge in [-0.25, -0.2) is 0 Å². The predicted molar refractivity (Wildman–Crippen MR) is 143 cm³/mol. The molecule has 1 heterocycles. The highest BCUT2D eigenvalue weighted by molar-refractivity contribution is 6.43. The Kier molecular flexibility index (Phi) is 5.34. The summed E-state index contributed by atoms with van der Waals surface area (Å²) in [5.41, 5.74) is 5.50. The number of nitrogens with zero attached hydrogens (tertiary/aromatic N) is 1. The number of hydrogen-bond donors (Lipinski definition) is 0. The molecule has 0 unspecified atom stereocenters. The number of ether oxygens (including phenoxy) is 1. The van der Waals surface area contributed by atoms with Gasteiger partial charge in [-0.2, -0.15) is 0 Å². The summed E-state index contributed by atoms with van der Waals surface area (Å²) in [5, 5.41) is 0. The van der Waals surface area contributed by atoms with E-state index in [-0.39, 0.29) is 17.1 Å². The lowest BCUT2D eigenvalue weighted by Gasteiger charge is -2.24. The van der Waals surface area contributed by atoms with E-state index in [9.17, 15) is 9.59 Å². The maximum absolute atomic E-state index is 13.3. The second-order valence-corrected chi connectivity index (χ2v) is 8.73. The molecule has 0 saturated heterocycles. The Hall–Kier alpha value is -4.70. The normalized spacial score (nSPS) is 14.2. The molecule has 1 aliphatic heterocycles. The highest BCUT2D eigenvalue weighted by Gasteiger charge is 2.36. The zero-order chi connectivity index (χ0) is 24.6. The lowest BCUT2D eigenvalue weighted by atomic mass is 9.92. The molecule has 0 amide bonds. The molecule has 4 nitrogen and oxygen atoms in total. The van der Waals surface area contributed by atoms with E-state index >= 15 is 0 Å². The lowest BCUT2D eigenvalue weighted by molar-refractivity contribution is 0.0990. The first-order valence-electron chi connectivity index (χ1n) is 12.0. The topological polar surface area (TPSA) is 46.6 Å². The van der Waals surface area contributed by atoms with Gasteiger partial charge in [-0.15, -0.1) is 0 Å². The molecule has 2 aliphatic rings. The SMILES string of the molecule is CCN(c1ccccc1)c1ccc(C2=CC(=C3C(=O)c4ccccc4C3=O)c3ccccc3O2)cc1. The van der Waals surface area contributed by atoms with Crippen LogP contribution in [0.15, 0.2) is 115 Å². The van der Waals surface area contributed by atoms with Crippen LogP contribution >= 0.6 is 0 Å². The molecule has 0 spiro atoms. The number of fused-ring (bicyclic) bond motifs is 2. The van der Waals surface area contributed by atoms with Crippen LogP contribution in [0.4, 0.5) is 11.4 Å². The number of anilines is 2. The van der Waals surface area contributed by atoms with Gasteiger partial charge in [0.1, 0.15) is 11.5 Å². The zero-order valence-corrected chi connectivity index (χ0v) is 19.8. The molecule has 0 radical (unpaired) electrons. The van der Waals surface area contributed by atoms with E-state index in [1.165, 1.54) is 0 Å². The molecule has 0 bridgehead atoms. The predicted octanol–water partition coefficient (Wildman–Crippen LogP) is 7.11. The highest BCUT2D eigenvalue weighted by Crippen LogP contribution is 2.42. The van der Waals surface area contributed by atoms with E-state index in [0.717, 1.165) is 29.0 Å². The van der Waals surface area contributed by atoms with Crippen LogP contribution in [0.1, 0.15) is 38.8 Å². The van der Waals surface area contributed by atoms with Gasteiger partial charge in [0, 0.05) is 45.7 Å². The highest BCUT2D eigenvalue weighted by atomic mass is 16.5. The second kappa shape index (κ2) is 8.82. The number of benzene rings is 4. The molecule has 36 heavy (non-hydrogen) atoms. The number of hydrogen-bond acceptors (Lipinski definition) is 4. The summed E-state index contributed by atoms with van der Waals surface area (Å²) >= 11 is 0. The molecule has 6 rings (SSSR count). The van der Waals surface area contributed by atoms with Crippen molar-refractivity contribution < 1.29 is 14.3 Å². The molecular weight excluding hydrogens is 446 g/mol. The van der Waals surface area contributed by atoms with Crippen LogP contribution in [-0.4, -0.2) is 18.1 Å². The third-order valence-electron chi connectivity index (χ3n) is 6.66. The standard InChI is InChI=1S/C32H23NO3/c1-2-33(22-10-4-3-5-11-22)23-18-16-21(17-19-23)29-20-27(24-12-8-9-15-28(24)36-29)30-31(34)25-13-6-7-14-26(25)32(30)35/h3-20H,2H2,1H3. The largest absolute Gasteiger partial charge is 0.456 e. The van der Waals surface area contributed by atoms with Crippen molar-refractivity contribution in [2.45, 2.75) is 6.92 Å². The fourth-order valence-electron chi connectivity index (χ4n) is 4.91.